The summed E-state index contributed by atoms with van der Waals surface area (Å²) < 4.78 is 46.4. The van der Waals surface area contributed by atoms with Crippen molar-refractivity contribution in [2.45, 2.75) is 25.7 Å². The van der Waals surface area contributed by atoms with E-state index in [1.54, 1.807) is 16.8 Å². The highest BCUT2D eigenvalue weighted by atomic mass is 32.2. The van der Waals surface area contributed by atoms with E-state index in [1.807, 2.05) is 0 Å². The molecule has 10 heteroatoms. The summed E-state index contributed by atoms with van der Waals surface area (Å²) in [4.78, 5) is 12.8. The van der Waals surface area contributed by atoms with Crippen LogP contribution in [0.1, 0.15) is 34.6 Å². The Hall–Kier alpha value is -2.30. The lowest BCUT2D eigenvalue weighted by Gasteiger charge is -2.26. The maximum absolute atomic E-state index is 13.3. The van der Waals surface area contributed by atoms with Crippen LogP contribution in [-0.2, 0) is 27.6 Å². The predicted molar refractivity (Wildman–Crippen MR) is 109 cm³/mol. The zero-order valence-corrected chi connectivity index (χ0v) is 17.5. The average molecular weight is 437 g/mol. The van der Waals surface area contributed by atoms with Gasteiger partial charge in [-0.1, -0.05) is 0 Å². The fraction of sp³-hybridized carbons (Fsp3) is 0.500. The molecule has 1 aliphatic heterocycles. The first-order valence-electron chi connectivity index (χ1n) is 10.2. The Morgan fingerprint density at radius 2 is 1.83 bits per heavy atom. The van der Waals surface area contributed by atoms with Crippen LogP contribution in [0.5, 0.6) is 0 Å². The van der Waals surface area contributed by atoms with Crippen molar-refractivity contribution in [3.8, 4) is 5.69 Å². The highest BCUT2D eigenvalue weighted by Gasteiger charge is 2.27. The standard InChI is InChI=1S/C20H25FN4O4S/c21-15-5-7-16(8-6-15)25-18-4-2-1-3-17(18)19(23-25)20(26)22-9-14-30(27,28)24-10-12-29-13-11-24/h5-8H,1-4,9-14H2,(H,22,26). The number of rotatable bonds is 6. The Labute approximate surface area is 175 Å². The number of fused-ring (bicyclic) bond motifs is 1. The Balaban J connectivity index is 1.48. The predicted octanol–water partition coefficient (Wildman–Crippen LogP) is 1.28. The lowest BCUT2D eigenvalue weighted by Crippen LogP contribution is -2.43. The van der Waals surface area contributed by atoms with Crippen LogP contribution in [0, 0.1) is 5.82 Å². The number of sulfonamides is 1. The van der Waals surface area contributed by atoms with Gasteiger partial charge in [0.1, 0.15) is 5.82 Å². The van der Waals surface area contributed by atoms with Gasteiger partial charge in [0.15, 0.2) is 5.69 Å². The van der Waals surface area contributed by atoms with E-state index >= 15 is 0 Å². The van der Waals surface area contributed by atoms with Gasteiger partial charge in [0.2, 0.25) is 10.0 Å². The third kappa shape index (κ3) is 4.40. The Morgan fingerprint density at radius 1 is 1.13 bits per heavy atom. The molecule has 1 amide bonds. The molecule has 1 saturated heterocycles. The molecule has 162 valence electrons. The number of hydrogen-bond acceptors (Lipinski definition) is 5. The van der Waals surface area contributed by atoms with Crippen LogP contribution < -0.4 is 5.32 Å². The number of aromatic nitrogens is 2. The molecule has 1 fully saturated rings. The lowest BCUT2D eigenvalue weighted by molar-refractivity contribution is 0.0730. The molecule has 1 N–H and O–H groups in total. The molecule has 0 spiro atoms. The van der Waals surface area contributed by atoms with Crippen LogP contribution in [0.15, 0.2) is 24.3 Å². The molecular formula is C20H25FN4O4S. The first-order chi connectivity index (χ1) is 14.5. The Kier molecular flexibility index (Phi) is 6.16. The minimum Gasteiger partial charge on any atom is -0.379 e. The van der Waals surface area contributed by atoms with Gasteiger partial charge in [-0.05, 0) is 49.9 Å². The number of carbonyl (C=O) groups excluding carboxylic acids is 1. The Bertz CT molecular complexity index is 1010. The van der Waals surface area contributed by atoms with Crippen LogP contribution in [0.2, 0.25) is 0 Å². The van der Waals surface area contributed by atoms with Crippen molar-refractivity contribution in [3.05, 3.63) is 47.0 Å². The van der Waals surface area contributed by atoms with E-state index in [0.29, 0.717) is 37.7 Å². The first-order valence-corrected chi connectivity index (χ1v) is 11.8. The molecule has 0 saturated carbocycles. The second-order valence-corrected chi connectivity index (χ2v) is 9.54. The number of ether oxygens (including phenoxy) is 1. The van der Waals surface area contributed by atoms with Gasteiger partial charge in [0.25, 0.3) is 5.91 Å². The maximum Gasteiger partial charge on any atom is 0.272 e. The molecule has 2 aromatic rings. The van der Waals surface area contributed by atoms with Crippen molar-refractivity contribution in [1.29, 1.82) is 0 Å². The molecule has 0 unspecified atom stereocenters. The molecule has 2 heterocycles. The van der Waals surface area contributed by atoms with Gasteiger partial charge in [-0.15, -0.1) is 0 Å². The van der Waals surface area contributed by atoms with Crippen LogP contribution in [0.3, 0.4) is 0 Å². The van der Waals surface area contributed by atoms with E-state index in [2.05, 4.69) is 10.4 Å². The van der Waals surface area contributed by atoms with Crippen LogP contribution in [0.25, 0.3) is 5.69 Å². The molecule has 1 aromatic heterocycles. The number of hydrogen-bond donors (Lipinski definition) is 1. The number of amides is 1. The summed E-state index contributed by atoms with van der Waals surface area (Å²) in [6.45, 7) is 1.46. The van der Waals surface area contributed by atoms with Crippen molar-refractivity contribution in [3.63, 3.8) is 0 Å². The van der Waals surface area contributed by atoms with Crippen molar-refractivity contribution < 1.29 is 22.3 Å². The van der Waals surface area contributed by atoms with Crippen molar-refractivity contribution in [2.75, 3.05) is 38.6 Å². The molecule has 0 bridgehead atoms. The number of morpholine rings is 1. The third-order valence-corrected chi connectivity index (χ3v) is 7.35. The second-order valence-electron chi connectivity index (χ2n) is 7.45. The van der Waals surface area contributed by atoms with E-state index in [0.717, 1.165) is 36.9 Å². The highest BCUT2D eigenvalue weighted by Crippen LogP contribution is 2.27. The summed E-state index contributed by atoms with van der Waals surface area (Å²) in [6.07, 6.45) is 3.50. The summed E-state index contributed by atoms with van der Waals surface area (Å²) in [6, 6.07) is 5.99. The number of nitrogens with one attached hydrogen (secondary N) is 1. The molecule has 1 aromatic carbocycles. The smallest absolute Gasteiger partial charge is 0.272 e. The normalized spacial score (nSPS) is 17.5. The number of benzene rings is 1. The SMILES string of the molecule is O=C(NCCS(=O)(=O)N1CCOCC1)c1nn(-c2ccc(F)cc2)c2c1CCCC2. The van der Waals surface area contributed by atoms with Crippen molar-refractivity contribution in [2.24, 2.45) is 0 Å². The van der Waals surface area contributed by atoms with Crippen LogP contribution >= 0.6 is 0 Å². The summed E-state index contributed by atoms with van der Waals surface area (Å²) in [5, 5.41) is 7.21. The monoisotopic (exact) mass is 436 g/mol. The van der Waals surface area contributed by atoms with Crippen LogP contribution in [-0.4, -0.2) is 67.0 Å². The second kappa shape index (κ2) is 8.83. The maximum atomic E-state index is 13.3. The van der Waals surface area contributed by atoms with E-state index in [4.69, 9.17) is 4.74 Å². The van der Waals surface area contributed by atoms with E-state index in [9.17, 15) is 17.6 Å². The molecule has 8 nitrogen and oxygen atoms in total. The zero-order valence-electron chi connectivity index (χ0n) is 16.6. The van der Waals surface area contributed by atoms with Crippen molar-refractivity contribution >= 4 is 15.9 Å². The minimum absolute atomic E-state index is 0.0106. The summed E-state index contributed by atoms with van der Waals surface area (Å²) in [5.74, 6) is -0.884. The fourth-order valence-electron chi connectivity index (χ4n) is 3.91. The van der Waals surface area contributed by atoms with E-state index < -0.39 is 10.0 Å². The quantitative estimate of drug-likeness (QED) is 0.736. The molecule has 2 aliphatic rings. The summed E-state index contributed by atoms with van der Waals surface area (Å²) in [5.41, 5.74) is 2.86. The lowest BCUT2D eigenvalue weighted by atomic mass is 9.95. The Morgan fingerprint density at radius 3 is 2.57 bits per heavy atom. The fourth-order valence-corrected chi connectivity index (χ4v) is 5.23. The van der Waals surface area contributed by atoms with Gasteiger partial charge < -0.3 is 10.1 Å². The van der Waals surface area contributed by atoms with E-state index in [1.165, 1.54) is 16.4 Å². The van der Waals surface area contributed by atoms with E-state index in [-0.39, 0.29) is 24.0 Å². The minimum atomic E-state index is -3.44. The van der Waals surface area contributed by atoms with Gasteiger partial charge in [-0.25, -0.2) is 17.5 Å². The van der Waals surface area contributed by atoms with Gasteiger partial charge >= 0.3 is 0 Å². The molecular weight excluding hydrogens is 411 g/mol. The van der Waals surface area contributed by atoms with Gasteiger partial charge in [0, 0.05) is 30.9 Å². The zero-order chi connectivity index (χ0) is 21.1. The number of nitrogens with zero attached hydrogens (tertiary/aromatic N) is 3. The molecule has 30 heavy (non-hydrogen) atoms. The van der Waals surface area contributed by atoms with Gasteiger partial charge in [0.05, 0.1) is 24.7 Å². The van der Waals surface area contributed by atoms with Crippen LogP contribution in [0.4, 0.5) is 4.39 Å². The molecule has 0 radical (unpaired) electrons. The van der Waals surface area contributed by atoms with Gasteiger partial charge in [-0.3, -0.25) is 4.79 Å². The topological polar surface area (TPSA) is 93.5 Å². The largest absolute Gasteiger partial charge is 0.379 e. The first kappa shape index (κ1) is 21.0. The molecule has 0 atom stereocenters. The molecule has 4 rings (SSSR count). The summed E-state index contributed by atoms with van der Waals surface area (Å²) in [7, 11) is -3.44. The summed E-state index contributed by atoms with van der Waals surface area (Å²) >= 11 is 0. The molecule has 1 aliphatic carbocycles. The highest BCUT2D eigenvalue weighted by molar-refractivity contribution is 7.89. The van der Waals surface area contributed by atoms with Crippen molar-refractivity contribution in [1.82, 2.24) is 19.4 Å². The number of halogens is 1. The average Bonchev–Trinajstić information content (AvgIpc) is 3.15. The van der Waals surface area contributed by atoms with Gasteiger partial charge in [-0.2, -0.15) is 9.40 Å². The third-order valence-electron chi connectivity index (χ3n) is 5.48. The number of carbonyl (C=O) groups is 1.